The summed E-state index contributed by atoms with van der Waals surface area (Å²) in [4.78, 5) is 22.3. The van der Waals surface area contributed by atoms with Crippen LogP contribution in [-0.2, 0) is 19.1 Å². The number of hydrogen-bond acceptors (Lipinski definition) is 4. The van der Waals surface area contributed by atoms with Crippen molar-refractivity contribution in [2.75, 3.05) is 7.11 Å². The number of carbonyl (C=O) groups is 2. The number of esters is 2. The molecule has 1 fully saturated rings. The van der Waals surface area contributed by atoms with Gasteiger partial charge in [0.1, 0.15) is 5.60 Å². The maximum atomic E-state index is 11.3. The Balaban J connectivity index is 2.83. The highest BCUT2D eigenvalue weighted by molar-refractivity contribution is 5.88. The zero-order chi connectivity index (χ0) is 11.5. The lowest BCUT2D eigenvalue weighted by Gasteiger charge is -2.19. The summed E-state index contributed by atoms with van der Waals surface area (Å²) in [5.74, 6) is -0.573. The van der Waals surface area contributed by atoms with E-state index >= 15 is 0 Å². The molecule has 0 N–H and O–H groups in total. The van der Waals surface area contributed by atoms with E-state index in [9.17, 15) is 9.59 Å². The quantitative estimate of drug-likeness (QED) is 0.526. The van der Waals surface area contributed by atoms with Gasteiger partial charge < -0.3 is 9.47 Å². The van der Waals surface area contributed by atoms with Gasteiger partial charge in [0.05, 0.1) is 7.11 Å². The molecule has 4 heteroatoms. The van der Waals surface area contributed by atoms with Crippen LogP contribution in [-0.4, -0.2) is 24.6 Å². The van der Waals surface area contributed by atoms with Gasteiger partial charge in [-0.25, -0.2) is 4.79 Å². The van der Waals surface area contributed by atoms with Gasteiger partial charge in [0, 0.05) is 18.4 Å². The maximum absolute atomic E-state index is 11.3. The van der Waals surface area contributed by atoms with Crippen LogP contribution in [0.3, 0.4) is 0 Å². The summed E-state index contributed by atoms with van der Waals surface area (Å²) in [6.45, 7) is 3.67. The van der Waals surface area contributed by atoms with Crippen molar-refractivity contribution in [2.45, 2.75) is 38.7 Å². The van der Waals surface area contributed by atoms with Crippen LogP contribution >= 0.6 is 0 Å². The Bertz CT molecular complexity index is 306. The van der Waals surface area contributed by atoms with Crippen molar-refractivity contribution in [3.8, 4) is 0 Å². The highest BCUT2D eigenvalue weighted by Crippen LogP contribution is 2.29. The number of hydrogen-bond donors (Lipinski definition) is 0. The van der Waals surface area contributed by atoms with Crippen LogP contribution in [0.2, 0.25) is 0 Å². The highest BCUT2D eigenvalue weighted by Gasteiger charge is 2.34. The smallest absolute Gasteiger partial charge is 0.333 e. The standard InChI is InChI=1S/C11H16O4/c1-4-8(10(13)14-3)7-11(2)6-5-9(12)15-11/h7H,4-6H2,1-3H3/b8-7+/t11-/m1/s1. The molecule has 0 radical (unpaired) electrons. The molecule has 0 aromatic carbocycles. The first-order valence-corrected chi connectivity index (χ1v) is 5.02. The lowest BCUT2D eigenvalue weighted by Crippen LogP contribution is -2.22. The third-order valence-electron chi connectivity index (χ3n) is 2.48. The van der Waals surface area contributed by atoms with Crippen molar-refractivity contribution in [3.05, 3.63) is 11.6 Å². The second-order valence-electron chi connectivity index (χ2n) is 3.80. The average molecular weight is 212 g/mol. The molecule has 0 aromatic rings. The van der Waals surface area contributed by atoms with Gasteiger partial charge in [-0.2, -0.15) is 0 Å². The van der Waals surface area contributed by atoms with E-state index in [4.69, 9.17) is 4.74 Å². The molecule has 0 amide bonds. The van der Waals surface area contributed by atoms with E-state index in [2.05, 4.69) is 4.74 Å². The van der Waals surface area contributed by atoms with Crippen molar-refractivity contribution in [3.63, 3.8) is 0 Å². The minimum Gasteiger partial charge on any atom is -0.466 e. The van der Waals surface area contributed by atoms with E-state index in [1.54, 1.807) is 13.0 Å². The van der Waals surface area contributed by atoms with Crippen LogP contribution in [0, 0.1) is 0 Å². The minimum absolute atomic E-state index is 0.214. The van der Waals surface area contributed by atoms with E-state index < -0.39 is 5.60 Å². The van der Waals surface area contributed by atoms with Gasteiger partial charge in [-0.05, 0) is 19.4 Å². The molecule has 0 spiro atoms. The van der Waals surface area contributed by atoms with Crippen molar-refractivity contribution in [1.29, 1.82) is 0 Å². The summed E-state index contributed by atoms with van der Waals surface area (Å²) in [5, 5.41) is 0. The minimum atomic E-state index is -0.642. The molecule has 4 nitrogen and oxygen atoms in total. The highest BCUT2D eigenvalue weighted by atomic mass is 16.6. The van der Waals surface area contributed by atoms with Gasteiger partial charge in [-0.3, -0.25) is 4.79 Å². The molecule has 0 unspecified atom stereocenters. The van der Waals surface area contributed by atoms with Crippen molar-refractivity contribution < 1.29 is 19.1 Å². The van der Waals surface area contributed by atoms with E-state index in [-0.39, 0.29) is 11.9 Å². The van der Waals surface area contributed by atoms with Crippen molar-refractivity contribution in [2.24, 2.45) is 0 Å². The SMILES string of the molecule is CC/C(=C\[C@@]1(C)CCC(=O)O1)C(=O)OC. The molecule has 0 bridgehead atoms. The molecular formula is C11H16O4. The first-order valence-electron chi connectivity index (χ1n) is 5.02. The Kier molecular flexibility index (Phi) is 3.50. The maximum Gasteiger partial charge on any atom is 0.333 e. The fourth-order valence-electron chi connectivity index (χ4n) is 1.62. The lowest BCUT2D eigenvalue weighted by molar-refractivity contribution is -0.145. The number of ether oxygens (including phenoxy) is 2. The number of methoxy groups -OCH3 is 1. The first-order chi connectivity index (χ1) is 7.00. The molecule has 0 saturated carbocycles. The van der Waals surface area contributed by atoms with Gasteiger partial charge >= 0.3 is 11.9 Å². The Morgan fingerprint density at radius 3 is 2.73 bits per heavy atom. The summed E-state index contributed by atoms with van der Waals surface area (Å²) in [5.41, 5.74) is -0.0916. The number of rotatable bonds is 3. The van der Waals surface area contributed by atoms with Gasteiger partial charge in [0.2, 0.25) is 0 Å². The molecule has 1 saturated heterocycles. The van der Waals surface area contributed by atoms with Crippen LogP contribution in [0.25, 0.3) is 0 Å². The van der Waals surface area contributed by atoms with Crippen molar-refractivity contribution >= 4 is 11.9 Å². The Morgan fingerprint density at radius 1 is 1.67 bits per heavy atom. The fraction of sp³-hybridized carbons (Fsp3) is 0.636. The van der Waals surface area contributed by atoms with Gasteiger partial charge in [-0.15, -0.1) is 0 Å². The average Bonchev–Trinajstić information content (AvgIpc) is 2.54. The van der Waals surface area contributed by atoms with Gasteiger partial charge in [-0.1, -0.05) is 6.92 Å². The third-order valence-corrected chi connectivity index (χ3v) is 2.48. The van der Waals surface area contributed by atoms with Gasteiger partial charge in [0.15, 0.2) is 0 Å². The van der Waals surface area contributed by atoms with E-state index in [0.717, 1.165) is 0 Å². The van der Waals surface area contributed by atoms with Crippen LogP contribution < -0.4 is 0 Å². The number of carbonyl (C=O) groups excluding carboxylic acids is 2. The first kappa shape index (κ1) is 11.8. The predicted octanol–water partition coefficient (Wildman–Crippen LogP) is 1.59. The molecule has 84 valence electrons. The van der Waals surface area contributed by atoms with E-state index in [0.29, 0.717) is 24.8 Å². The lowest BCUT2D eigenvalue weighted by atomic mass is 9.98. The third kappa shape index (κ3) is 2.81. The predicted molar refractivity (Wildman–Crippen MR) is 54.1 cm³/mol. The second kappa shape index (κ2) is 4.47. The molecule has 1 aliphatic rings. The zero-order valence-corrected chi connectivity index (χ0v) is 9.33. The van der Waals surface area contributed by atoms with Crippen LogP contribution in [0.4, 0.5) is 0 Å². The Morgan fingerprint density at radius 2 is 2.33 bits per heavy atom. The summed E-state index contributed by atoms with van der Waals surface area (Å²) in [6.07, 6.45) is 3.29. The fourth-order valence-corrected chi connectivity index (χ4v) is 1.62. The number of cyclic esters (lactones) is 1. The topological polar surface area (TPSA) is 52.6 Å². The summed E-state index contributed by atoms with van der Waals surface area (Å²) in [6, 6.07) is 0. The monoisotopic (exact) mass is 212 g/mol. The Labute approximate surface area is 89.2 Å². The molecule has 0 aromatic heterocycles. The molecule has 0 aliphatic carbocycles. The largest absolute Gasteiger partial charge is 0.466 e. The molecule has 1 rings (SSSR count). The molecule has 1 atom stereocenters. The molecule has 1 aliphatic heterocycles. The molecule has 15 heavy (non-hydrogen) atoms. The summed E-state index contributed by atoms with van der Waals surface area (Å²) >= 11 is 0. The normalized spacial score (nSPS) is 26.3. The summed E-state index contributed by atoms with van der Waals surface area (Å²) in [7, 11) is 1.34. The van der Waals surface area contributed by atoms with E-state index in [1.807, 2.05) is 6.92 Å². The summed E-state index contributed by atoms with van der Waals surface area (Å²) < 4.78 is 9.79. The Hall–Kier alpha value is -1.32. The van der Waals surface area contributed by atoms with Crippen LogP contribution in [0.5, 0.6) is 0 Å². The van der Waals surface area contributed by atoms with Gasteiger partial charge in [0.25, 0.3) is 0 Å². The molecule has 1 heterocycles. The van der Waals surface area contributed by atoms with Crippen LogP contribution in [0.1, 0.15) is 33.1 Å². The zero-order valence-electron chi connectivity index (χ0n) is 9.33. The van der Waals surface area contributed by atoms with Crippen molar-refractivity contribution in [1.82, 2.24) is 0 Å². The molecular weight excluding hydrogens is 196 g/mol. The van der Waals surface area contributed by atoms with E-state index in [1.165, 1.54) is 7.11 Å². The van der Waals surface area contributed by atoms with Crippen LogP contribution in [0.15, 0.2) is 11.6 Å². The second-order valence-corrected chi connectivity index (χ2v) is 3.80.